The van der Waals surface area contributed by atoms with Gasteiger partial charge < -0.3 is 29.7 Å². The Balaban J connectivity index is 1.73. The van der Waals surface area contributed by atoms with Gasteiger partial charge in [-0.25, -0.2) is 0 Å². The lowest BCUT2D eigenvalue weighted by molar-refractivity contribution is -0.142. The van der Waals surface area contributed by atoms with Gasteiger partial charge in [0, 0.05) is 12.7 Å². The first-order valence-corrected chi connectivity index (χ1v) is 11.2. The molecule has 0 aliphatic carbocycles. The molecule has 1 unspecified atom stereocenters. The lowest BCUT2D eigenvalue weighted by atomic mass is 9.76. The van der Waals surface area contributed by atoms with Gasteiger partial charge in [-0.05, 0) is 57.0 Å². The van der Waals surface area contributed by atoms with Crippen LogP contribution in [0.5, 0.6) is 11.5 Å². The van der Waals surface area contributed by atoms with Crippen molar-refractivity contribution in [3.05, 3.63) is 70.8 Å². The molecule has 7 heteroatoms. The molecule has 2 aromatic carbocycles. The molecule has 3 N–H and O–H groups in total. The van der Waals surface area contributed by atoms with Crippen LogP contribution in [0.4, 0.5) is 5.69 Å². The first-order chi connectivity index (χ1) is 16.1. The minimum Gasteiger partial charge on any atom is -0.507 e. The van der Waals surface area contributed by atoms with E-state index in [1.165, 1.54) is 7.11 Å². The van der Waals surface area contributed by atoms with Crippen LogP contribution in [-0.2, 0) is 19.9 Å². The number of carbonyl (C=O) groups is 1. The van der Waals surface area contributed by atoms with Crippen molar-refractivity contribution < 1.29 is 29.2 Å². The van der Waals surface area contributed by atoms with Crippen LogP contribution in [0.15, 0.2) is 54.1 Å². The summed E-state index contributed by atoms with van der Waals surface area (Å²) < 4.78 is 16.2. The minimum atomic E-state index is -1.91. The second kappa shape index (κ2) is 8.91. The Hall–Kier alpha value is -3.13. The molecule has 2 aromatic rings. The number of hydrogen-bond acceptors (Lipinski definition) is 6. The fraction of sp³-hybridized carbons (Fsp3) is 0.370. The fourth-order valence-electron chi connectivity index (χ4n) is 4.42. The predicted octanol–water partition coefficient (Wildman–Crippen LogP) is 4.13. The molecule has 0 aromatic heterocycles. The van der Waals surface area contributed by atoms with Crippen molar-refractivity contribution in [3.63, 3.8) is 0 Å². The molecule has 180 valence electrons. The lowest BCUT2D eigenvalue weighted by Gasteiger charge is -2.40. The normalized spacial score (nSPS) is 25.7. The van der Waals surface area contributed by atoms with E-state index in [-0.39, 0.29) is 23.0 Å². The number of rotatable bonds is 7. The molecule has 1 fully saturated rings. The number of carbonyl (C=O) groups excluding carboxylic acids is 1. The Labute approximate surface area is 199 Å². The van der Waals surface area contributed by atoms with E-state index in [1.54, 1.807) is 49.6 Å². The summed E-state index contributed by atoms with van der Waals surface area (Å²) in [5, 5.41) is 25.9. The molecule has 1 amide bonds. The van der Waals surface area contributed by atoms with Crippen LogP contribution in [0.25, 0.3) is 6.08 Å². The number of anilines is 1. The van der Waals surface area contributed by atoms with Gasteiger partial charge in [0.25, 0.3) is 5.91 Å². The summed E-state index contributed by atoms with van der Waals surface area (Å²) in [4.78, 5) is 12.8. The third-order valence-corrected chi connectivity index (χ3v) is 6.58. The number of amides is 1. The average molecular weight is 466 g/mol. The van der Waals surface area contributed by atoms with E-state index in [0.717, 1.165) is 12.0 Å². The number of aromatic hydroxyl groups is 1. The van der Waals surface area contributed by atoms with Crippen LogP contribution in [0.3, 0.4) is 0 Å². The van der Waals surface area contributed by atoms with Crippen molar-refractivity contribution in [2.24, 2.45) is 0 Å². The third kappa shape index (κ3) is 4.22. The van der Waals surface area contributed by atoms with Crippen LogP contribution in [0, 0.1) is 0 Å². The number of phenols is 1. The molecule has 2 aliphatic rings. The summed E-state index contributed by atoms with van der Waals surface area (Å²) in [5.74, 6) is -0.0291. The van der Waals surface area contributed by atoms with Crippen LogP contribution in [0.1, 0.15) is 43.9 Å². The van der Waals surface area contributed by atoms with E-state index in [1.807, 2.05) is 13.0 Å². The number of aliphatic hydroxyl groups is 1. The number of nitrogens with one attached hydrogen (secondary N) is 1. The van der Waals surface area contributed by atoms with E-state index in [2.05, 4.69) is 25.2 Å². The molecule has 0 spiro atoms. The smallest absolute Gasteiger partial charge is 0.257 e. The first kappa shape index (κ1) is 24.0. The standard InChI is InChI=1S/C27H31NO6/c1-16(7-15-21-26(2,3)34-21)6-8-17-9-14-20-22(23(17)29)27(31,24(33-5)25(30)28-20)18-10-12-19(32-4)13-11-18/h6-14,21,24,29,31H,15H2,1-5H3,(H,28,30)/b8-6+,16-7+/t21?,24-,27+/m0/s1. The number of phenolic OH excluding ortho intramolecular Hbond substituents is 1. The highest BCUT2D eigenvalue weighted by Gasteiger charge is 2.51. The highest BCUT2D eigenvalue weighted by atomic mass is 16.6. The quantitative estimate of drug-likeness (QED) is 0.420. The van der Waals surface area contributed by atoms with Gasteiger partial charge in [0.2, 0.25) is 0 Å². The molecule has 2 aliphatic heterocycles. The van der Waals surface area contributed by atoms with E-state index in [4.69, 9.17) is 14.2 Å². The molecule has 7 nitrogen and oxygen atoms in total. The van der Waals surface area contributed by atoms with Crippen molar-refractivity contribution in [1.29, 1.82) is 0 Å². The van der Waals surface area contributed by atoms with Gasteiger partial charge in [-0.15, -0.1) is 0 Å². The zero-order valence-electron chi connectivity index (χ0n) is 20.1. The molecular weight excluding hydrogens is 434 g/mol. The van der Waals surface area contributed by atoms with Crippen molar-refractivity contribution in [2.45, 2.75) is 50.6 Å². The summed E-state index contributed by atoms with van der Waals surface area (Å²) in [5.41, 5.74) is 0.463. The number of hydrogen-bond donors (Lipinski definition) is 3. The van der Waals surface area contributed by atoms with Gasteiger partial charge in [0.05, 0.1) is 30.1 Å². The Bertz CT molecular complexity index is 1150. The highest BCUT2D eigenvalue weighted by molar-refractivity contribution is 6.00. The number of epoxide rings is 1. The average Bonchev–Trinajstić information content (AvgIpc) is 3.43. The largest absolute Gasteiger partial charge is 0.507 e. The van der Waals surface area contributed by atoms with Gasteiger partial charge in [0.1, 0.15) is 11.5 Å². The highest BCUT2D eigenvalue weighted by Crippen LogP contribution is 2.48. The van der Waals surface area contributed by atoms with Crippen LogP contribution in [0.2, 0.25) is 0 Å². The molecule has 1 saturated heterocycles. The van der Waals surface area contributed by atoms with Crippen LogP contribution >= 0.6 is 0 Å². The van der Waals surface area contributed by atoms with Gasteiger partial charge in [0.15, 0.2) is 11.7 Å². The van der Waals surface area contributed by atoms with E-state index < -0.39 is 17.6 Å². The molecule has 2 heterocycles. The van der Waals surface area contributed by atoms with Crippen LogP contribution < -0.4 is 10.1 Å². The van der Waals surface area contributed by atoms with Crippen molar-refractivity contribution in [3.8, 4) is 11.5 Å². The maximum Gasteiger partial charge on any atom is 0.257 e. The molecule has 0 bridgehead atoms. The second-order valence-electron chi connectivity index (χ2n) is 9.25. The Morgan fingerprint density at radius 3 is 2.44 bits per heavy atom. The molecule has 4 rings (SSSR count). The topological polar surface area (TPSA) is 101 Å². The number of benzene rings is 2. The van der Waals surface area contributed by atoms with Gasteiger partial charge >= 0.3 is 0 Å². The number of ether oxygens (including phenoxy) is 3. The summed E-state index contributed by atoms with van der Waals surface area (Å²) in [6.45, 7) is 6.12. The third-order valence-electron chi connectivity index (χ3n) is 6.58. The summed E-state index contributed by atoms with van der Waals surface area (Å²) in [6.07, 6.45) is 5.56. The van der Waals surface area contributed by atoms with E-state index >= 15 is 0 Å². The van der Waals surface area contributed by atoms with Gasteiger partial charge in [-0.3, -0.25) is 4.79 Å². The maximum atomic E-state index is 12.8. The molecule has 0 saturated carbocycles. The second-order valence-corrected chi connectivity index (χ2v) is 9.25. The summed E-state index contributed by atoms with van der Waals surface area (Å²) in [7, 11) is 2.90. The maximum absolute atomic E-state index is 12.8. The minimum absolute atomic E-state index is 0.0640. The zero-order chi connectivity index (χ0) is 24.7. The fourth-order valence-corrected chi connectivity index (χ4v) is 4.42. The van der Waals surface area contributed by atoms with Gasteiger partial charge in [-0.1, -0.05) is 35.9 Å². The van der Waals surface area contributed by atoms with Crippen molar-refractivity contribution in [2.75, 3.05) is 19.5 Å². The summed E-state index contributed by atoms with van der Waals surface area (Å²) in [6, 6.07) is 10.1. The first-order valence-electron chi connectivity index (χ1n) is 11.2. The monoisotopic (exact) mass is 465 g/mol. The number of allylic oxidation sites excluding steroid dienone is 2. The SMILES string of the molecule is COc1ccc([C@@]2(O)c3c(ccc(/C=C/C(C)=C/CC4OC4(C)C)c3O)NC(=O)[C@@H]2OC)cc1. The van der Waals surface area contributed by atoms with E-state index in [9.17, 15) is 15.0 Å². The molecular formula is C27H31NO6. The Kier molecular flexibility index (Phi) is 6.29. The van der Waals surface area contributed by atoms with Crippen LogP contribution in [-0.4, -0.2) is 48.1 Å². The number of methoxy groups -OCH3 is 2. The van der Waals surface area contributed by atoms with Crippen molar-refractivity contribution >= 4 is 17.7 Å². The Morgan fingerprint density at radius 2 is 1.85 bits per heavy atom. The molecule has 34 heavy (non-hydrogen) atoms. The zero-order valence-corrected chi connectivity index (χ0v) is 20.1. The Morgan fingerprint density at radius 1 is 1.18 bits per heavy atom. The number of fused-ring (bicyclic) bond motifs is 1. The summed E-state index contributed by atoms with van der Waals surface area (Å²) >= 11 is 0. The molecule has 3 atom stereocenters. The van der Waals surface area contributed by atoms with Gasteiger partial charge in [-0.2, -0.15) is 0 Å². The molecule has 0 radical (unpaired) electrons. The van der Waals surface area contributed by atoms with E-state index in [0.29, 0.717) is 22.6 Å². The van der Waals surface area contributed by atoms with Crippen molar-refractivity contribution in [1.82, 2.24) is 0 Å². The lowest BCUT2D eigenvalue weighted by Crippen LogP contribution is -2.52. The predicted molar refractivity (Wildman–Crippen MR) is 130 cm³/mol.